The van der Waals surface area contributed by atoms with Gasteiger partial charge in [0.05, 0.1) is 0 Å². The Hall–Kier alpha value is -2.89. The Balaban J connectivity index is 1.31. The largest absolute Gasteiger partial charge is 0.338 e. The molecule has 1 spiro atoms. The Labute approximate surface area is 176 Å². The van der Waals surface area contributed by atoms with Crippen molar-refractivity contribution in [2.75, 3.05) is 19.6 Å². The van der Waals surface area contributed by atoms with Crippen LogP contribution >= 0.6 is 0 Å². The van der Waals surface area contributed by atoms with Crippen molar-refractivity contribution < 1.29 is 14.0 Å². The van der Waals surface area contributed by atoms with Gasteiger partial charge in [0, 0.05) is 38.1 Å². The number of benzene rings is 2. The second kappa shape index (κ2) is 8.86. The Morgan fingerprint density at radius 2 is 1.67 bits per heavy atom. The molecule has 0 saturated carbocycles. The minimum absolute atomic E-state index is 0.0322. The van der Waals surface area contributed by atoms with Crippen molar-refractivity contribution in [1.29, 1.82) is 0 Å². The lowest BCUT2D eigenvalue weighted by molar-refractivity contribution is -0.133. The molecule has 30 heavy (non-hydrogen) atoms. The summed E-state index contributed by atoms with van der Waals surface area (Å²) in [6.45, 7) is 2.40. The van der Waals surface area contributed by atoms with E-state index in [0.717, 1.165) is 31.2 Å². The van der Waals surface area contributed by atoms with Gasteiger partial charge in [-0.2, -0.15) is 0 Å². The molecule has 2 aliphatic rings. The fourth-order valence-electron chi connectivity index (χ4n) is 4.62. The van der Waals surface area contributed by atoms with E-state index in [0.29, 0.717) is 32.6 Å². The first-order valence-corrected chi connectivity index (χ1v) is 10.7. The summed E-state index contributed by atoms with van der Waals surface area (Å²) in [6, 6.07) is 16.4. The van der Waals surface area contributed by atoms with Crippen LogP contribution < -0.4 is 5.32 Å². The monoisotopic (exact) mass is 409 g/mol. The van der Waals surface area contributed by atoms with Crippen LogP contribution in [0.3, 0.4) is 0 Å². The summed E-state index contributed by atoms with van der Waals surface area (Å²) in [5, 5.41) is 3.02. The molecule has 5 nitrogen and oxygen atoms in total. The van der Waals surface area contributed by atoms with E-state index in [-0.39, 0.29) is 23.3 Å². The van der Waals surface area contributed by atoms with Gasteiger partial charge in [-0.3, -0.25) is 4.79 Å². The van der Waals surface area contributed by atoms with E-state index in [1.807, 2.05) is 28.0 Å². The summed E-state index contributed by atoms with van der Waals surface area (Å²) in [5.41, 5.74) is 1.95. The Morgan fingerprint density at radius 1 is 0.967 bits per heavy atom. The van der Waals surface area contributed by atoms with Crippen molar-refractivity contribution in [3.63, 3.8) is 0 Å². The van der Waals surface area contributed by atoms with Gasteiger partial charge in [0.15, 0.2) is 0 Å². The van der Waals surface area contributed by atoms with E-state index < -0.39 is 0 Å². The molecular formula is C24H28FN3O2. The smallest absolute Gasteiger partial charge is 0.317 e. The van der Waals surface area contributed by atoms with E-state index in [9.17, 15) is 14.0 Å². The molecule has 2 aromatic rings. The zero-order valence-electron chi connectivity index (χ0n) is 17.1. The maximum Gasteiger partial charge on any atom is 0.317 e. The van der Waals surface area contributed by atoms with Crippen LogP contribution in [0.2, 0.25) is 0 Å². The summed E-state index contributed by atoms with van der Waals surface area (Å²) < 4.78 is 13.2. The zero-order valence-corrected chi connectivity index (χ0v) is 17.1. The van der Waals surface area contributed by atoms with Crippen LogP contribution in [0.15, 0.2) is 54.6 Å². The molecule has 2 fully saturated rings. The number of nitrogens with one attached hydrogen (secondary N) is 1. The number of amides is 3. The molecule has 158 valence electrons. The standard InChI is InChI=1S/C24H28FN3O2/c25-21-8-6-20(7-9-21)18-28-22(29)10-12-24(28)13-16-27(17-14-24)23(30)26-15-11-19-4-2-1-3-5-19/h1-9H,10-18H2,(H,26,30). The SMILES string of the molecule is O=C(NCCc1ccccc1)N1CCC2(CCC(=O)N2Cc2ccc(F)cc2)CC1. The number of piperidine rings is 1. The third kappa shape index (κ3) is 4.48. The molecule has 0 bridgehead atoms. The predicted octanol–water partition coefficient (Wildman–Crippen LogP) is 3.74. The molecular weight excluding hydrogens is 381 g/mol. The number of carbonyl (C=O) groups excluding carboxylic acids is 2. The highest BCUT2D eigenvalue weighted by molar-refractivity contribution is 5.80. The fraction of sp³-hybridized carbons (Fsp3) is 0.417. The number of hydrogen-bond donors (Lipinski definition) is 1. The van der Waals surface area contributed by atoms with Crippen LogP contribution in [0, 0.1) is 5.82 Å². The van der Waals surface area contributed by atoms with Crippen LogP contribution in [0.4, 0.5) is 9.18 Å². The molecule has 0 aromatic heterocycles. The molecule has 2 aromatic carbocycles. The minimum Gasteiger partial charge on any atom is -0.338 e. The second-order valence-corrected chi connectivity index (χ2v) is 8.29. The predicted molar refractivity (Wildman–Crippen MR) is 113 cm³/mol. The van der Waals surface area contributed by atoms with Gasteiger partial charge in [-0.05, 0) is 48.9 Å². The number of halogens is 1. The summed E-state index contributed by atoms with van der Waals surface area (Å²) in [7, 11) is 0. The normalized spacial score (nSPS) is 18.1. The van der Waals surface area contributed by atoms with Gasteiger partial charge in [0.25, 0.3) is 0 Å². The van der Waals surface area contributed by atoms with Crippen molar-refractivity contribution in [1.82, 2.24) is 15.1 Å². The summed E-state index contributed by atoms with van der Waals surface area (Å²) in [5.74, 6) is -0.118. The molecule has 2 saturated heterocycles. The molecule has 0 unspecified atom stereocenters. The van der Waals surface area contributed by atoms with E-state index in [1.165, 1.54) is 17.7 Å². The average molecular weight is 410 g/mol. The maximum absolute atomic E-state index is 13.2. The third-order valence-electron chi connectivity index (χ3n) is 6.45. The van der Waals surface area contributed by atoms with Crippen LogP contribution in [-0.2, 0) is 17.8 Å². The number of carbonyl (C=O) groups is 2. The molecule has 3 amide bonds. The van der Waals surface area contributed by atoms with Crippen molar-refractivity contribution in [2.24, 2.45) is 0 Å². The highest BCUT2D eigenvalue weighted by Gasteiger charge is 2.47. The van der Waals surface area contributed by atoms with Crippen LogP contribution in [0.1, 0.15) is 36.8 Å². The number of nitrogens with zero attached hydrogens (tertiary/aromatic N) is 2. The number of hydrogen-bond acceptors (Lipinski definition) is 2. The Bertz CT molecular complexity index is 877. The van der Waals surface area contributed by atoms with Crippen molar-refractivity contribution in [3.05, 3.63) is 71.5 Å². The van der Waals surface area contributed by atoms with Gasteiger partial charge in [0.2, 0.25) is 5.91 Å². The topological polar surface area (TPSA) is 52.7 Å². The molecule has 0 aliphatic carbocycles. The first-order chi connectivity index (χ1) is 14.6. The maximum atomic E-state index is 13.2. The van der Waals surface area contributed by atoms with Gasteiger partial charge >= 0.3 is 6.03 Å². The first kappa shape index (κ1) is 20.4. The molecule has 6 heteroatoms. The summed E-state index contributed by atoms with van der Waals surface area (Å²) in [4.78, 5) is 28.9. The lowest BCUT2D eigenvalue weighted by Crippen LogP contribution is -2.55. The van der Waals surface area contributed by atoms with Crippen molar-refractivity contribution in [3.8, 4) is 0 Å². The second-order valence-electron chi connectivity index (χ2n) is 8.29. The molecule has 0 atom stereocenters. The summed E-state index contributed by atoms with van der Waals surface area (Å²) in [6.07, 6.45) is 3.75. The molecule has 2 heterocycles. The van der Waals surface area contributed by atoms with E-state index in [4.69, 9.17) is 0 Å². The van der Waals surface area contributed by atoms with Crippen LogP contribution in [0.5, 0.6) is 0 Å². The third-order valence-corrected chi connectivity index (χ3v) is 6.45. The molecule has 2 aliphatic heterocycles. The zero-order chi connectivity index (χ0) is 21.0. The quantitative estimate of drug-likeness (QED) is 0.818. The lowest BCUT2D eigenvalue weighted by Gasteiger charge is -2.45. The van der Waals surface area contributed by atoms with Gasteiger partial charge in [-0.15, -0.1) is 0 Å². The number of likely N-dealkylation sites (tertiary alicyclic amines) is 2. The first-order valence-electron chi connectivity index (χ1n) is 10.7. The minimum atomic E-state index is -0.271. The molecule has 4 rings (SSSR count). The highest BCUT2D eigenvalue weighted by atomic mass is 19.1. The highest BCUT2D eigenvalue weighted by Crippen LogP contribution is 2.40. The van der Waals surface area contributed by atoms with Crippen LogP contribution in [0.25, 0.3) is 0 Å². The van der Waals surface area contributed by atoms with Gasteiger partial charge in [0.1, 0.15) is 5.82 Å². The van der Waals surface area contributed by atoms with Crippen molar-refractivity contribution in [2.45, 2.75) is 44.2 Å². The van der Waals surface area contributed by atoms with E-state index in [1.54, 1.807) is 12.1 Å². The average Bonchev–Trinajstić information content (AvgIpc) is 3.06. The van der Waals surface area contributed by atoms with Crippen LogP contribution in [-0.4, -0.2) is 46.9 Å². The van der Waals surface area contributed by atoms with Crippen molar-refractivity contribution >= 4 is 11.9 Å². The van der Waals surface area contributed by atoms with Gasteiger partial charge < -0.3 is 15.1 Å². The number of urea groups is 1. The Kier molecular flexibility index (Phi) is 6.02. The summed E-state index contributed by atoms with van der Waals surface area (Å²) >= 11 is 0. The molecule has 1 N–H and O–H groups in total. The van der Waals surface area contributed by atoms with Gasteiger partial charge in [-0.1, -0.05) is 42.5 Å². The molecule has 0 radical (unpaired) electrons. The van der Waals surface area contributed by atoms with Gasteiger partial charge in [-0.25, -0.2) is 9.18 Å². The van der Waals surface area contributed by atoms with E-state index in [2.05, 4.69) is 17.4 Å². The lowest BCUT2D eigenvalue weighted by atomic mass is 9.85. The number of rotatable bonds is 5. The van der Waals surface area contributed by atoms with E-state index >= 15 is 0 Å². The fourth-order valence-corrected chi connectivity index (χ4v) is 4.62. The Morgan fingerprint density at radius 3 is 2.37 bits per heavy atom.